The summed E-state index contributed by atoms with van der Waals surface area (Å²) >= 11 is 0. The molecule has 0 saturated heterocycles. The zero-order valence-corrected chi connectivity index (χ0v) is 8.19. The van der Waals surface area contributed by atoms with Gasteiger partial charge in [0.05, 0.1) is 0 Å². The van der Waals surface area contributed by atoms with Gasteiger partial charge in [-0.25, -0.2) is 17.6 Å². The molecule has 0 saturated carbocycles. The van der Waals surface area contributed by atoms with Crippen molar-refractivity contribution in [1.82, 2.24) is 0 Å². The molecule has 0 aliphatic heterocycles. The summed E-state index contributed by atoms with van der Waals surface area (Å²) in [4.78, 5) is 0. The second-order valence-corrected chi connectivity index (χ2v) is 3.15. The highest BCUT2D eigenvalue weighted by molar-refractivity contribution is 5.53. The van der Waals surface area contributed by atoms with Crippen LogP contribution in [0.2, 0.25) is 0 Å². The second-order valence-electron chi connectivity index (χ2n) is 3.15. The number of rotatable bonds is 4. The van der Waals surface area contributed by atoms with Crippen LogP contribution >= 0.6 is 0 Å². The van der Waals surface area contributed by atoms with Crippen LogP contribution in [-0.2, 0) is 0 Å². The first-order valence-electron chi connectivity index (χ1n) is 4.27. The van der Waals surface area contributed by atoms with E-state index in [9.17, 15) is 26.3 Å². The number of nitrogens with two attached hydrogens (primary N) is 1. The molecule has 8 heteroatoms. The molecular formula is C9H7F6NO. The monoisotopic (exact) mass is 259 g/mol. The third kappa shape index (κ3) is 3.18. The van der Waals surface area contributed by atoms with Crippen LogP contribution in [0.3, 0.4) is 0 Å². The Balaban J connectivity index is 2.83. The maximum Gasteiger partial charge on any atom is 0.340 e. The maximum absolute atomic E-state index is 12.8. The average molecular weight is 259 g/mol. The molecule has 0 heterocycles. The van der Waals surface area contributed by atoms with Crippen molar-refractivity contribution < 1.29 is 31.1 Å². The number of benzene rings is 1. The predicted octanol–water partition coefficient (Wildman–Crippen LogP) is 2.83. The van der Waals surface area contributed by atoms with Crippen molar-refractivity contribution >= 4 is 5.69 Å². The molecule has 0 radical (unpaired) electrons. The lowest BCUT2D eigenvalue weighted by Gasteiger charge is -2.16. The number of alkyl halides is 4. The molecule has 2 nitrogen and oxygen atoms in total. The molecule has 0 aromatic heterocycles. The molecule has 0 bridgehead atoms. The third-order valence-electron chi connectivity index (χ3n) is 1.80. The van der Waals surface area contributed by atoms with Crippen LogP contribution in [0.4, 0.5) is 32.0 Å². The smallest absolute Gasteiger partial charge is 0.340 e. The van der Waals surface area contributed by atoms with Gasteiger partial charge in [0.15, 0.2) is 12.4 Å². The number of ether oxygens (including phenoxy) is 1. The van der Waals surface area contributed by atoms with Crippen molar-refractivity contribution in [1.29, 1.82) is 0 Å². The lowest BCUT2D eigenvalue weighted by molar-refractivity contribution is -0.148. The SMILES string of the molecule is Nc1c(F)cc(F)cc1OCC(F)(F)C(F)F. The van der Waals surface area contributed by atoms with Gasteiger partial charge >= 0.3 is 12.3 Å². The summed E-state index contributed by atoms with van der Waals surface area (Å²) in [6.07, 6.45) is -3.94. The first kappa shape index (κ1) is 13.5. The maximum atomic E-state index is 12.8. The van der Waals surface area contributed by atoms with Crippen LogP contribution < -0.4 is 10.5 Å². The topological polar surface area (TPSA) is 35.2 Å². The first-order chi connectivity index (χ1) is 7.74. The molecular weight excluding hydrogens is 252 g/mol. The van der Waals surface area contributed by atoms with E-state index in [0.717, 1.165) is 0 Å². The number of nitrogen functional groups attached to an aromatic ring is 1. The summed E-state index contributed by atoms with van der Waals surface area (Å²) in [5.41, 5.74) is 4.33. The summed E-state index contributed by atoms with van der Waals surface area (Å²) in [6, 6.07) is 0.938. The van der Waals surface area contributed by atoms with Gasteiger partial charge in [0, 0.05) is 12.1 Å². The van der Waals surface area contributed by atoms with E-state index >= 15 is 0 Å². The Kier molecular flexibility index (Phi) is 3.74. The molecule has 2 N–H and O–H groups in total. The van der Waals surface area contributed by atoms with Gasteiger partial charge in [-0.3, -0.25) is 0 Å². The Bertz CT molecular complexity index is 409. The Morgan fingerprint density at radius 1 is 1.24 bits per heavy atom. The van der Waals surface area contributed by atoms with Crippen molar-refractivity contribution in [2.24, 2.45) is 0 Å². The van der Waals surface area contributed by atoms with Gasteiger partial charge in [-0.05, 0) is 0 Å². The molecule has 0 unspecified atom stereocenters. The highest BCUT2D eigenvalue weighted by atomic mass is 19.3. The van der Waals surface area contributed by atoms with Crippen molar-refractivity contribution in [3.05, 3.63) is 23.8 Å². The van der Waals surface area contributed by atoms with E-state index in [1.807, 2.05) is 0 Å². The van der Waals surface area contributed by atoms with Crippen molar-refractivity contribution in [3.63, 3.8) is 0 Å². The number of halogens is 6. The van der Waals surface area contributed by atoms with E-state index in [0.29, 0.717) is 12.1 Å². The van der Waals surface area contributed by atoms with E-state index in [1.165, 1.54) is 0 Å². The average Bonchev–Trinajstić information content (AvgIpc) is 2.21. The predicted molar refractivity (Wildman–Crippen MR) is 47.2 cm³/mol. The zero-order chi connectivity index (χ0) is 13.2. The van der Waals surface area contributed by atoms with E-state index < -0.39 is 42.0 Å². The summed E-state index contributed by atoms with van der Waals surface area (Å²) in [5, 5.41) is 0. The molecule has 1 aromatic carbocycles. The molecule has 1 aromatic rings. The van der Waals surface area contributed by atoms with E-state index in [1.54, 1.807) is 0 Å². The molecule has 0 spiro atoms. The highest BCUT2D eigenvalue weighted by Gasteiger charge is 2.41. The van der Waals surface area contributed by atoms with Crippen LogP contribution in [0.15, 0.2) is 12.1 Å². The van der Waals surface area contributed by atoms with Crippen LogP contribution in [0, 0.1) is 11.6 Å². The number of hydrogen-bond acceptors (Lipinski definition) is 2. The summed E-state index contributed by atoms with van der Waals surface area (Å²) < 4.78 is 78.2. The van der Waals surface area contributed by atoms with Gasteiger partial charge in [-0.15, -0.1) is 0 Å². The molecule has 0 atom stereocenters. The van der Waals surface area contributed by atoms with Gasteiger partial charge in [-0.2, -0.15) is 8.78 Å². The molecule has 96 valence electrons. The molecule has 0 aliphatic rings. The van der Waals surface area contributed by atoms with Crippen LogP contribution in [0.5, 0.6) is 5.75 Å². The summed E-state index contributed by atoms with van der Waals surface area (Å²) in [7, 11) is 0. The quantitative estimate of drug-likeness (QED) is 0.666. The first-order valence-corrected chi connectivity index (χ1v) is 4.27. The van der Waals surface area contributed by atoms with Crippen LogP contribution in [-0.4, -0.2) is 19.0 Å². The van der Waals surface area contributed by atoms with Gasteiger partial charge in [0.25, 0.3) is 0 Å². The van der Waals surface area contributed by atoms with Crippen LogP contribution in [0.1, 0.15) is 0 Å². The Hall–Kier alpha value is -1.60. The molecule has 17 heavy (non-hydrogen) atoms. The largest absolute Gasteiger partial charge is 0.485 e. The number of hydrogen-bond donors (Lipinski definition) is 1. The Morgan fingerprint density at radius 3 is 2.35 bits per heavy atom. The van der Waals surface area contributed by atoms with Crippen molar-refractivity contribution in [3.8, 4) is 5.75 Å². The number of anilines is 1. The van der Waals surface area contributed by atoms with Crippen molar-refractivity contribution in [2.75, 3.05) is 12.3 Å². The minimum absolute atomic E-state index is 0.410. The lowest BCUT2D eigenvalue weighted by Crippen LogP contribution is -2.33. The van der Waals surface area contributed by atoms with Crippen molar-refractivity contribution in [2.45, 2.75) is 12.3 Å². The van der Waals surface area contributed by atoms with E-state index in [-0.39, 0.29) is 0 Å². The molecule has 0 aliphatic carbocycles. The zero-order valence-electron chi connectivity index (χ0n) is 8.19. The second kappa shape index (κ2) is 4.72. The summed E-state index contributed by atoms with van der Waals surface area (Å²) in [5.74, 6) is -7.51. The van der Waals surface area contributed by atoms with Gasteiger partial charge in [0.2, 0.25) is 0 Å². The molecule has 0 fully saturated rings. The standard InChI is InChI=1S/C9H7F6NO/c10-4-1-5(11)7(16)6(2-4)17-3-9(14,15)8(12)13/h1-2,8H,3,16H2. The highest BCUT2D eigenvalue weighted by Crippen LogP contribution is 2.29. The molecule has 0 amide bonds. The fourth-order valence-electron chi connectivity index (χ4n) is 0.918. The van der Waals surface area contributed by atoms with Gasteiger partial charge in [0.1, 0.15) is 17.3 Å². The van der Waals surface area contributed by atoms with E-state index in [4.69, 9.17) is 5.73 Å². The third-order valence-corrected chi connectivity index (χ3v) is 1.80. The van der Waals surface area contributed by atoms with Gasteiger partial charge < -0.3 is 10.5 Å². The normalized spacial score (nSPS) is 11.9. The lowest BCUT2D eigenvalue weighted by atomic mass is 10.2. The molecule has 1 rings (SSSR count). The van der Waals surface area contributed by atoms with Crippen LogP contribution in [0.25, 0.3) is 0 Å². The minimum Gasteiger partial charge on any atom is -0.485 e. The van der Waals surface area contributed by atoms with E-state index in [2.05, 4.69) is 4.74 Å². The Morgan fingerprint density at radius 2 is 1.82 bits per heavy atom. The summed E-state index contributed by atoms with van der Waals surface area (Å²) in [6.45, 7) is -1.72. The minimum atomic E-state index is -4.42. The fraction of sp³-hybridized carbons (Fsp3) is 0.333. The fourth-order valence-corrected chi connectivity index (χ4v) is 0.918. The Labute approximate surface area is 92.0 Å². The van der Waals surface area contributed by atoms with Gasteiger partial charge in [-0.1, -0.05) is 0 Å².